The Labute approximate surface area is 145 Å². The molecule has 0 aliphatic carbocycles. The number of hydrogen-bond acceptors (Lipinski definition) is 4. The summed E-state index contributed by atoms with van der Waals surface area (Å²) in [5.41, 5.74) is 2.06. The van der Waals surface area contributed by atoms with Gasteiger partial charge >= 0.3 is 5.97 Å². The fourth-order valence-electron chi connectivity index (χ4n) is 2.49. The van der Waals surface area contributed by atoms with Crippen LogP contribution in [-0.2, 0) is 11.3 Å². The Morgan fingerprint density at radius 3 is 3.14 bits per heavy atom. The van der Waals surface area contributed by atoms with Crippen LogP contribution in [0.2, 0.25) is 0 Å². The molecule has 1 aliphatic rings. The lowest BCUT2D eigenvalue weighted by Gasteiger charge is -2.13. The van der Waals surface area contributed by atoms with Crippen LogP contribution in [0, 0.1) is 3.57 Å². The molecular formula is C14H15IN2O2S2. The smallest absolute Gasteiger partial charge is 0.313 e. The second kappa shape index (κ2) is 6.78. The van der Waals surface area contributed by atoms with E-state index in [1.165, 1.54) is 30.4 Å². The number of aliphatic carboxylic acids is 1. The zero-order valence-corrected chi connectivity index (χ0v) is 15.1. The topological polar surface area (TPSA) is 55.1 Å². The molecule has 1 aromatic carbocycles. The van der Waals surface area contributed by atoms with Crippen LogP contribution in [0.4, 0.5) is 0 Å². The predicted molar refractivity (Wildman–Crippen MR) is 96.3 cm³/mol. The molecule has 2 heterocycles. The fraction of sp³-hybridized carbons (Fsp3) is 0.429. The molecule has 0 amide bonds. The molecule has 1 atom stereocenters. The van der Waals surface area contributed by atoms with E-state index in [-0.39, 0.29) is 5.75 Å². The number of nitrogens with zero attached hydrogens (tertiary/aromatic N) is 2. The highest BCUT2D eigenvalue weighted by Crippen LogP contribution is 2.31. The summed E-state index contributed by atoms with van der Waals surface area (Å²) in [6.07, 6.45) is 2.51. The Morgan fingerprint density at radius 2 is 2.43 bits per heavy atom. The first-order valence-electron chi connectivity index (χ1n) is 6.75. The first-order valence-corrected chi connectivity index (χ1v) is 9.87. The highest BCUT2D eigenvalue weighted by atomic mass is 127. The van der Waals surface area contributed by atoms with E-state index in [1.807, 2.05) is 11.8 Å². The van der Waals surface area contributed by atoms with Gasteiger partial charge in [-0.05, 0) is 59.4 Å². The predicted octanol–water partition coefficient (Wildman–Crippen LogP) is 3.71. The van der Waals surface area contributed by atoms with Crippen LogP contribution < -0.4 is 0 Å². The van der Waals surface area contributed by atoms with Gasteiger partial charge in [0.1, 0.15) is 0 Å². The van der Waals surface area contributed by atoms with Crippen molar-refractivity contribution >= 4 is 63.1 Å². The molecule has 21 heavy (non-hydrogen) atoms. The van der Waals surface area contributed by atoms with Crippen LogP contribution in [0.25, 0.3) is 11.0 Å². The summed E-state index contributed by atoms with van der Waals surface area (Å²) in [5, 5.41) is 10.3. The quantitative estimate of drug-likeness (QED) is 0.575. The second-order valence-corrected chi connectivity index (χ2v) is 8.55. The van der Waals surface area contributed by atoms with Crippen molar-refractivity contribution < 1.29 is 9.90 Å². The molecule has 0 radical (unpaired) electrons. The highest BCUT2D eigenvalue weighted by Gasteiger charge is 2.20. The molecule has 0 bridgehead atoms. The van der Waals surface area contributed by atoms with Crippen molar-refractivity contribution in [1.29, 1.82) is 0 Å². The van der Waals surface area contributed by atoms with Crippen LogP contribution in [-0.4, -0.2) is 37.4 Å². The van der Waals surface area contributed by atoms with Gasteiger partial charge in [-0.25, -0.2) is 4.98 Å². The molecule has 1 unspecified atom stereocenters. The monoisotopic (exact) mass is 434 g/mol. The van der Waals surface area contributed by atoms with Crippen molar-refractivity contribution in [2.45, 2.75) is 29.8 Å². The number of imidazole rings is 1. The van der Waals surface area contributed by atoms with Gasteiger partial charge < -0.3 is 9.67 Å². The molecule has 1 saturated heterocycles. The summed E-state index contributed by atoms with van der Waals surface area (Å²) in [5.74, 6) is 0.480. The number of rotatable bonds is 5. The zero-order chi connectivity index (χ0) is 14.8. The van der Waals surface area contributed by atoms with Crippen molar-refractivity contribution in [3.63, 3.8) is 0 Å². The van der Waals surface area contributed by atoms with Crippen molar-refractivity contribution in [3.05, 3.63) is 21.8 Å². The van der Waals surface area contributed by atoms with Crippen molar-refractivity contribution in [2.75, 3.05) is 11.5 Å². The Kier molecular flexibility index (Phi) is 5.00. The lowest BCUT2D eigenvalue weighted by molar-refractivity contribution is -0.133. The fourth-order valence-corrected chi connectivity index (χ4v) is 4.96. The summed E-state index contributed by atoms with van der Waals surface area (Å²) >= 11 is 5.60. The Morgan fingerprint density at radius 1 is 1.57 bits per heavy atom. The van der Waals surface area contributed by atoms with Crippen LogP contribution in [0.3, 0.4) is 0 Å². The number of benzene rings is 1. The lowest BCUT2D eigenvalue weighted by Crippen LogP contribution is -2.11. The Hall–Kier alpha value is -0.410. The molecular weight excluding hydrogens is 419 g/mol. The number of carbonyl (C=O) groups is 1. The summed E-state index contributed by atoms with van der Waals surface area (Å²) in [6, 6.07) is 6.22. The third-order valence-electron chi connectivity index (χ3n) is 3.41. The van der Waals surface area contributed by atoms with Gasteiger partial charge in [0, 0.05) is 15.4 Å². The maximum absolute atomic E-state index is 10.8. The number of fused-ring (bicyclic) bond motifs is 1. The van der Waals surface area contributed by atoms with Crippen molar-refractivity contribution in [3.8, 4) is 0 Å². The van der Waals surface area contributed by atoms with Gasteiger partial charge in [0.25, 0.3) is 0 Å². The SMILES string of the molecule is O=C(O)CSc1nc2cc(I)ccc2n1CC1CCCS1. The zero-order valence-electron chi connectivity index (χ0n) is 11.3. The molecule has 1 N–H and O–H groups in total. The summed E-state index contributed by atoms with van der Waals surface area (Å²) in [7, 11) is 0. The molecule has 7 heteroatoms. The first kappa shape index (κ1) is 15.5. The number of halogens is 1. The second-order valence-electron chi connectivity index (χ2n) is 4.96. The van der Waals surface area contributed by atoms with Crippen LogP contribution in [0.1, 0.15) is 12.8 Å². The maximum atomic E-state index is 10.8. The van der Waals surface area contributed by atoms with Gasteiger partial charge in [-0.1, -0.05) is 11.8 Å². The van der Waals surface area contributed by atoms with E-state index < -0.39 is 5.97 Å². The number of aromatic nitrogens is 2. The van der Waals surface area contributed by atoms with Crippen LogP contribution in [0.5, 0.6) is 0 Å². The summed E-state index contributed by atoms with van der Waals surface area (Å²) < 4.78 is 3.34. The number of carboxylic acid groups (broad SMARTS) is 1. The largest absolute Gasteiger partial charge is 0.481 e. The molecule has 3 rings (SSSR count). The molecule has 1 aliphatic heterocycles. The molecule has 112 valence electrons. The van der Waals surface area contributed by atoms with Crippen LogP contribution in [0.15, 0.2) is 23.4 Å². The molecule has 4 nitrogen and oxygen atoms in total. The summed E-state index contributed by atoms with van der Waals surface area (Å²) in [4.78, 5) is 15.5. The van der Waals surface area contributed by atoms with Crippen molar-refractivity contribution in [1.82, 2.24) is 9.55 Å². The minimum Gasteiger partial charge on any atom is -0.481 e. The van der Waals surface area contributed by atoms with E-state index in [4.69, 9.17) is 5.11 Å². The van der Waals surface area contributed by atoms with E-state index in [0.29, 0.717) is 5.25 Å². The van der Waals surface area contributed by atoms with Gasteiger partial charge in [-0.15, -0.1) is 0 Å². The number of thioether (sulfide) groups is 2. The van der Waals surface area contributed by atoms with E-state index in [2.05, 4.69) is 50.3 Å². The average molecular weight is 434 g/mol. The van der Waals surface area contributed by atoms with Crippen molar-refractivity contribution in [2.24, 2.45) is 0 Å². The van der Waals surface area contributed by atoms with E-state index in [1.54, 1.807) is 0 Å². The van der Waals surface area contributed by atoms with E-state index in [0.717, 1.165) is 26.3 Å². The van der Waals surface area contributed by atoms with E-state index in [9.17, 15) is 4.79 Å². The average Bonchev–Trinajstić information content (AvgIpc) is 3.05. The minimum atomic E-state index is -0.802. The molecule has 0 saturated carbocycles. The Bertz CT molecular complexity index is 668. The minimum absolute atomic E-state index is 0.0538. The van der Waals surface area contributed by atoms with Gasteiger partial charge in [-0.3, -0.25) is 4.79 Å². The normalized spacial score (nSPS) is 18.4. The lowest BCUT2D eigenvalue weighted by atomic mass is 10.2. The molecule has 1 aromatic heterocycles. The van der Waals surface area contributed by atoms with Gasteiger partial charge in [0.2, 0.25) is 0 Å². The third kappa shape index (κ3) is 3.68. The maximum Gasteiger partial charge on any atom is 0.313 e. The number of hydrogen-bond donors (Lipinski definition) is 1. The molecule has 0 spiro atoms. The van der Waals surface area contributed by atoms with Gasteiger partial charge in [0.05, 0.1) is 16.8 Å². The molecule has 2 aromatic rings. The molecule has 1 fully saturated rings. The highest BCUT2D eigenvalue weighted by molar-refractivity contribution is 14.1. The third-order valence-corrected chi connectivity index (χ3v) is 6.42. The van der Waals surface area contributed by atoms with Gasteiger partial charge in [0.15, 0.2) is 5.16 Å². The standard InChI is InChI=1S/C14H15IN2O2S2/c15-9-3-4-12-11(6-9)16-14(21-8-13(18)19)17(12)7-10-2-1-5-20-10/h3-4,6,10H,1-2,5,7-8H2,(H,18,19). The van der Waals surface area contributed by atoms with Crippen LogP contribution >= 0.6 is 46.1 Å². The van der Waals surface area contributed by atoms with Gasteiger partial charge in [-0.2, -0.15) is 11.8 Å². The first-order chi connectivity index (χ1) is 10.1. The van der Waals surface area contributed by atoms with E-state index >= 15 is 0 Å². The Balaban J connectivity index is 1.95. The summed E-state index contributed by atoms with van der Waals surface area (Å²) in [6.45, 7) is 0.920. The number of carboxylic acids is 1.